The van der Waals surface area contributed by atoms with E-state index in [0.717, 1.165) is 5.56 Å². The third-order valence-electron chi connectivity index (χ3n) is 3.63. The van der Waals surface area contributed by atoms with Crippen molar-refractivity contribution in [3.05, 3.63) is 71.7 Å². The van der Waals surface area contributed by atoms with E-state index in [1.165, 1.54) is 18.3 Å². The van der Waals surface area contributed by atoms with E-state index in [-0.39, 0.29) is 18.3 Å². The molecule has 0 unspecified atom stereocenters. The van der Waals surface area contributed by atoms with Crippen molar-refractivity contribution in [1.82, 2.24) is 10.2 Å². The van der Waals surface area contributed by atoms with Crippen LogP contribution in [0.5, 0.6) is 0 Å². The second-order valence-corrected chi connectivity index (χ2v) is 5.29. The lowest BCUT2D eigenvalue weighted by Gasteiger charge is -2.07. The predicted octanol–water partition coefficient (Wildman–Crippen LogP) is 3.00. The number of rotatable bonds is 5. The van der Waals surface area contributed by atoms with Crippen LogP contribution in [0.25, 0.3) is 11.3 Å². The zero-order valence-electron chi connectivity index (χ0n) is 12.8. The van der Waals surface area contributed by atoms with Gasteiger partial charge in [-0.2, -0.15) is 5.10 Å². The summed E-state index contributed by atoms with van der Waals surface area (Å²) in [5, 5.41) is 18.4. The number of benzene rings is 2. The highest BCUT2D eigenvalue weighted by Crippen LogP contribution is 2.22. The van der Waals surface area contributed by atoms with Crippen molar-refractivity contribution in [2.24, 2.45) is 0 Å². The minimum atomic E-state index is -0.341. The number of nitrogens with zero attached hydrogens (tertiary/aromatic N) is 1. The van der Waals surface area contributed by atoms with Gasteiger partial charge in [0.2, 0.25) is 0 Å². The number of H-pyrrole nitrogens is 1. The number of aliphatic hydroxyl groups excluding tert-OH is 1. The number of anilines is 1. The minimum Gasteiger partial charge on any atom is -0.396 e. The van der Waals surface area contributed by atoms with Crippen molar-refractivity contribution >= 4 is 11.6 Å². The molecule has 0 bridgehead atoms. The van der Waals surface area contributed by atoms with Crippen molar-refractivity contribution in [3.8, 4) is 11.3 Å². The van der Waals surface area contributed by atoms with Crippen LogP contribution in [-0.2, 0) is 6.42 Å². The van der Waals surface area contributed by atoms with E-state index in [1.807, 2.05) is 12.1 Å². The van der Waals surface area contributed by atoms with Crippen LogP contribution in [0.15, 0.2) is 54.7 Å². The summed E-state index contributed by atoms with van der Waals surface area (Å²) in [6.45, 7) is 0.0851. The number of halogens is 1. The molecule has 5 nitrogen and oxygen atoms in total. The van der Waals surface area contributed by atoms with Crippen LogP contribution in [0.2, 0.25) is 0 Å². The largest absolute Gasteiger partial charge is 0.396 e. The van der Waals surface area contributed by atoms with Gasteiger partial charge in [0.05, 0.1) is 17.5 Å². The van der Waals surface area contributed by atoms with E-state index in [1.54, 1.807) is 24.3 Å². The third-order valence-corrected chi connectivity index (χ3v) is 3.63. The van der Waals surface area contributed by atoms with Crippen molar-refractivity contribution in [3.63, 3.8) is 0 Å². The Bertz CT molecular complexity index is 826. The molecule has 0 aliphatic heterocycles. The van der Waals surface area contributed by atoms with Crippen LogP contribution in [0.4, 0.5) is 10.1 Å². The van der Waals surface area contributed by atoms with Gasteiger partial charge in [0.25, 0.3) is 5.91 Å². The van der Waals surface area contributed by atoms with Gasteiger partial charge in [-0.15, -0.1) is 0 Å². The molecule has 0 fully saturated rings. The standard InChI is InChI=1S/C18H16FN3O2/c19-14-5-3-13(4-6-14)17-16(11-20-22-17)18(24)21-15-7-1-12(2-8-15)9-10-23/h1-8,11,23H,9-10H2,(H,20,22)(H,21,24). The van der Waals surface area contributed by atoms with Gasteiger partial charge in [0, 0.05) is 17.9 Å². The van der Waals surface area contributed by atoms with Crippen LogP contribution in [-0.4, -0.2) is 27.8 Å². The quantitative estimate of drug-likeness (QED) is 0.675. The van der Waals surface area contributed by atoms with Gasteiger partial charge in [-0.3, -0.25) is 9.89 Å². The van der Waals surface area contributed by atoms with Gasteiger partial charge in [-0.1, -0.05) is 12.1 Å². The van der Waals surface area contributed by atoms with Crippen molar-refractivity contribution in [2.45, 2.75) is 6.42 Å². The Hall–Kier alpha value is -2.99. The fourth-order valence-corrected chi connectivity index (χ4v) is 2.38. The van der Waals surface area contributed by atoms with E-state index < -0.39 is 0 Å². The zero-order chi connectivity index (χ0) is 16.9. The lowest BCUT2D eigenvalue weighted by molar-refractivity contribution is 0.102. The molecular weight excluding hydrogens is 309 g/mol. The van der Waals surface area contributed by atoms with E-state index in [9.17, 15) is 9.18 Å². The molecule has 0 radical (unpaired) electrons. The summed E-state index contributed by atoms with van der Waals surface area (Å²) in [7, 11) is 0. The molecule has 0 aliphatic rings. The first kappa shape index (κ1) is 15.9. The predicted molar refractivity (Wildman–Crippen MR) is 89.2 cm³/mol. The van der Waals surface area contributed by atoms with E-state index in [0.29, 0.717) is 28.9 Å². The third kappa shape index (κ3) is 3.49. The highest BCUT2D eigenvalue weighted by molar-refractivity contribution is 6.07. The number of nitrogens with one attached hydrogen (secondary N) is 2. The Morgan fingerprint density at radius 2 is 1.83 bits per heavy atom. The second kappa shape index (κ2) is 7.06. The van der Waals surface area contributed by atoms with Crippen molar-refractivity contribution in [1.29, 1.82) is 0 Å². The molecular formula is C18H16FN3O2. The number of carbonyl (C=O) groups is 1. The molecule has 6 heteroatoms. The smallest absolute Gasteiger partial charge is 0.259 e. The summed E-state index contributed by atoms with van der Waals surface area (Å²) in [5.74, 6) is -0.648. The Kier molecular flexibility index (Phi) is 4.67. The summed E-state index contributed by atoms with van der Waals surface area (Å²) in [5.41, 5.74) is 3.22. The number of aromatic amines is 1. The average molecular weight is 325 g/mol. The molecule has 1 heterocycles. The van der Waals surface area contributed by atoms with Gasteiger partial charge < -0.3 is 10.4 Å². The topological polar surface area (TPSA) is 78.0 Å². The number of aliphatic hydroxyl groups is 1. The first-order valence-electron chi connectivity index (χ1n) is 7.48. The summed E-state index contributed by atoms with van der Waals surface area (Å²) < 4.78 is 13.0. The number of carbonyl (C=O) groups excluding carboxylic acids is 1. The van der Waals surface area contributed by atoms with Crippen LogP contribution < -0.4 is 5.32 Å². The van der Waals surface area contributed by atoms with Crippen molar-refractivity contribution < 1.29 is 14.3 Å². The van der Waals surface area contributed by atoms with E-state index in [2.05, 4.69) is 15.5 Å². The lowest BCUT2D eigenvalue weighted by atomic mass is 10.1. The number of aromatic nitrogens is 2. The Morgan fingerprint density at radius 1 is 1.12 bits per heavy atom. The van der Waals surface area contributed by atoms with Crippen LogP contribution >= 0.6 is 0 Å². The normalized spacial score (nSPS) is 10.6. The molecule has 24 heavy (non-hydrogen) atoms. The first-order valence-corrected chi connectivity index (χ1v) is 7.48. The molecule has 2 aromatic carbocycles. The first-order chi connectivity index (χ1) is 11.7. The average Bonchev–Trinajstić information content (AvgIpc) is 3.07. The highest BCUT2D eigenvalue weighted by atomic mass is 19.1. The molecule has 1 aromatic heterocycles. The maximum atomic E-state index is 13.0. The molecule has 1 amide bonds. The van der Waals surface area contributed by atoms with Gasteiger partial charge in [0.15, 0.2) is 0 Å². The Balaban J connectivity index is 1.78. The Labute approximate surface area is 138 Å². The van der Waals surface area contributed by atoms with Gasteiger partial charge in [-0.05, 0) is 48.4 Å². The monoisotopic (exact) mass is 325 g/mol. The summed E-state index contributed by atoms with van der Waals surface area (Å²) in [6, 6.07) is 13.1. The second-order valence-electron chi connectivity index (χ2n) is 5.29. The molecule has 3 N–H and O–H groups in total. The molecule has 0 aliphatic carbocycles. The maximum absolute atomic E-state index is 13.0. The number of amides is 1. The number of hydrogen-bond donors (Lipinski definition) is 3. The van der Waals surface area contributed by atoms with Crippen LogP contribution in [0.1, 0.15) is 15.9 Å². The fraction of sp³-hybridized carbons (Fsp3) is 0.111. The molecule has 0 saturated carbocycles. The van der Waals surface area contributed by atoms with Crippen molar-refractivity contribution in [2.75, 3.05) is 11.9 Å². The molecule has 0 atom stereocenters. The molecule has 122 valence electrons. The summed E-state index contributed by atoms with van der Waals surface area (Å²) in [4.78, 5) is 12.5. The molecule has 3 aromatic rings. The number of hydrogen-bond acceptors (Lipinski definition) is 3. The zero-order valence-corrected chi connectivity index (χ0v) is 12.8. The minimum absolute atomic E-state index is 0.0851. The molecule has 0 saturated heterocycles. The molecule has 3 rings (SSSR count). The summed E-state index contributed by atoms with van der Waals surface area (Å²) >= 11 is 0. The SMILES string of the molecule is O=C(Nc1ccc(CCO)cc1)c1cn[nH]c1-c1ccc(F)cc1. The maximum Gasteiger partial charge on any atom is 0.259 e. The molecule has 0 spiro atoms. The lowest BCUT2D eigenvalue weighted by Crippen LogP contribution is -2.12. The highest BCUT2D eigenvalue weighted by Gasteiger charge is 2.15. The van der Waals surface area contributed by atoms with Gasteiger partial charge >= 0.3 is 0 Å². The van der Waals surface area contributed by atoms with Crippen LogP contribution in [0, 0.1) is 5.82 Å². The van der Waals surface area contributed by atoms with Gasteiger partial charge in [-0.25, -0.2) is 4.39 Å². The van der Waals surface area contributed by atoms with E-state index in [4.69, 9.17) is 5.11 Å². The van der Waals surface area contributed by atoms with E-state index >= 15 is 0 Å². The Morgan fingerprint density at radius 3 is 2.50 bits per heavy atom. The van der Waals surface area contributed by atoms with Gasteiger partial charge in [0.1, 0.15) is 5.82 Å². The van der Waals surface area contributed by atoms with Crippen LogP contribution in [0.3, 0.4) is 0 Å². The summed E-state index contributed by atoms with van der Waals surface area (Å²) in [6.07, 6.45) is 2.01. The fourth-order valence-electron chi connectivity index (χ4n) is 2.38.